The van der Waals surface area contributed by atoms with Crippen molar-refractivity contribution < 1.29 is 4.79 Å². The van der Waals surface area contributed by atoms with Crippen LogP contribution in [0.5, 0.6) is 0 Å². The molecule has 0 spiro atoms. The van der Waals surface area contributed by atoms with Crippen LogP contribution in [-0.2, 0) is 7.05 Å². The number of nitrogens with zero attached hydrogens (tertiary/aromatic N) is 2. The van der Waals surface area contributed by atoms with E-state index in [0.29, 0.717) is 0 Å². The smallest absolute Gasteiger partial charge is 0.261 e. The van der Waals surface area contributed by atoms with Gasteiger partial charge in [-0.3, -0.25) is 4.79 Å². The average molecular weight is 277 g/mol. The van der Waals surface area contributed by atoms with Crippen LogP contribution >= 0.6 is 11.3 Å². The number of aryl methyl sites for hydroxylation is 2. The van der Waals surface area contributed by atoms with Gasteiger partial charge < -0.3 is 9.88 Å². The molecule has 4 nitrogen and oxygen atoms in total. The van der Waals surface area contributed by atoms with Crippen molar-refractivity contribution in [2.45, 2.75) is 26.8 Å². The Hall–Kier alpha value is -1.62. The maximum absolute atomic E-state index is 12.2. The van der Waals surface area contributed by atoms with Crippen molar-refractivity contribution in [3.63, 3.8) is 0 Å². The van der Waals surface area contributed by atoms with Gasteiger partial charge >= 0.3 is 0 Å². The van der Waals surface area contributed by atoms with Crippen molar-refractivity contribution in [2.75, 3.05) is 0 Å². The minimum Gasteiger partial charge on any atom is -0.341 e. The number of carbonyl (C=O) groups is 1. The summed E-state index contributed by atoms with van der Waals surface area (Å²) in [4.78, 5) is 18.5. The normalized spacial score (nSPS) is 12.7. The van der Waals surface area contributed by atoms with Crippen molar-refractivity contribution in [3.05, 3.63) is 40.1 Å². The molecule has 1 N–H and O–H groups in total. The molecule has 1 amide bonds. The van der Waals surface area contributed by atoms with E-state index >= 15 is 0 Å². The SMILES string of the molecule is Cc1ccc(C(=O)N[C@H](c2nccn2C)C(C)C)s1. The molecule has 2 aromatic rings. The van der Waals surface area contributed by atoms with E-state index < -0.39 is 0 Å². The van der Waals surface area contributed by atoms with Gasteiger partial charge in [-0.2, -0.15) is 0 Å². The Bertz CT molecular complexity index is 571. The Morgan fingerprint density at radius 3 is 2.63 bits per heavy atom. The van der Waals surface area contributed by atoms with Crippen molar-refractivity contribution in [1.82, 2.24) is 14.9 Å². The zero-order valence-electron chi connectivity index (χ0n) is 11.7. The van der Waals surface area contributed by atoms with Crippen LogP contribution < -0.4 is 5.32 Å². The number of carbonyl (C=O) groups excluding carboxylic acids is 1. The minimum absolute atomic E-state index is 0.0280. The number of hydrogen-bond donors (Lipinski definition) is 1. The van der Waals surface area contributed by atoms with Crippen molar-refractivity contribution in [2.24, 2.45) is 13.0 Å². The first kappa shape index (κ1) is 13.8. The molecule has 102 valence electrons. The predicted octanol–water partition coefficient (Wildman–Crippen LogP) is 2.92. The van der Waals surface area contributed by atoms with Crippen LogP contribution in [0.3, 0.4) is 0 Å². The number of aromatic nitrogens is 2. The molecule has 0 radical (unpaired) electrons. The lowest BCUT2D eigenvalue weighted by atomic mass is 10.0. The third kappa shape index (κ3) is 3.04. The topological polar surface area (TPSA) is 46.9 Å². The van der Waals surface area contributed by atoms with E-state index in [9.17, 15) is 4.79 Å². The number of thiophene rings is 1. The van der Waals surface area contributed by atoms with E-state index in [1.54, 1.807) is 6.20 Å². The fourth-order valence-electron chi connectivity index (χ4n) is 1.98. The van der Waals surface area contributed by atoms with Crippen molar-refractivity contribution >= 4 is 17.2 Å². The molecule has 5 heteroatoms. The molecule has 0 aliphatic rings. The highest BCUT2D eigenvalue weighted by molar-refractivity contribution is 7.13. The van der Waals surface area contributed by atoms with Gasteiger partial charge in [0.25, 0.3) is 5.91 Å². The predicted molar refractivity (Wildman–Crippen MR) is 77.3 cm³/mol. The maximum Gasteiger partial charge on any atom is 0.261 e. The molecule has 0 bridgehead atoms. The average Bonchev–Trinajstić information content (AvgIpc) is 2.94. The molecule has 19 heavy (non-hydrogen) atoms. The van der Waals surface area contributed by atoms with Gasteiger partial charge in [-0.05, 0) is 25.0 Å². The highest BCUT2D eigenvalue weighted by Crippen LogP contribution is 2.22. The fourth-order valence-corrected chi connectivity index (χ4v) is 2.75. The summed E-state index contributed by atoms with van der Waals surface area (Å²) in [5.41, 5.74) is 0. The molecule has 2 rings (SSSR count). The van der Waals surface area contributed by atoms with Gasteiger partial charge in [0.15, 0.2) is 0 Å². The molecule has 0 unspecified atom stereocenters. The summed E-state index contributed by atoms with van der Waals surface area (Å²) in [5.74, 6) is 1.14. The lowest BCUT2D eigenvalue weighted by Crippen LogP contribution is -2.33. The Morgan fingerprint density at radius 1 is 1.42 bits per heavy atom. The molecular formula is C14H19N3OS. The van der Waals surface area contributed by atoms with Crippen LogP contribution in [0.1, 0.15) is 40.3 Å². The third-order valence-corrected chi connectivity index (χ3v) is 4.05. The number of rotatable bonds is 4. The summed E-state index contributed by atoms with van der Waals surface area (Å²) in [6, 6.07) is 3.76. The maximum atomic E-state index is 12.2. The van der Waals surface area contributed by atoms with Crippen LogP contribution in [-0.4, -0.2) is 15.5 Å². The van der Waals surface area contributed by atoms with Gasteiger partial charge in [-0.25, -0.2) is 4.98 Å². The zero-order valence-corrected chi connectivity index (χ0v) is 12.5. The van der Waals surface area contributed by atoms with E-state index in [0.717, 1.165) is 15.6 Å². The second kappa shape index (κ2) is 5.57. The first-order valence-corrected chi connectivity index (χ1v) is 7.15. The molecule has 0 aliphatic heterocycles. The summed E-state index contributed by atoms with van der Waals surface area (Å²) in [7, 11) is 1.94. The van der Waals surface area contributed by atoms with Gasteiger partial charge in [-0.15, -0.1) is 11.3 Å². The minimum atomic E-state index is -0.0742. The van der Waals surface area contributed by atoms with Crippen LogP contribution in [0.25, 0.3) is 0 Å². The van der Waals surface area contributed by atoms with E-state index in [4.69, 9.17) is 0 Å². The number of hydrogen-bond acceptors (Lipinski definition) is 3. The molecule has 2 aromatic heterocycles. The van der Waals surface area contributed by atoms with E-state index in [2.05, 4.69) is 24.1 Å². The summed E-state index contributed by atoms with van der Waals surface area (Å²) >= 11 is 1.51. The summed E-state index contributed by atoms with van der Waals surface area (Å²) in [6.07, 6.45) is 3.65. The summed E-state index contributed by atoms with van der Waals surface area (Å²) < 4.78 is 1.95. The van der Waals surface area contributed by atoms with Gasteiger partial charge in [0.1, 0.15) is 5.82 Å². The largest absolute Gasteiger partial charge is 0.341 e. The van der Waals surface area contributed by atoms with Crippen LogP contribution in [0.4, 0.5) is 0 Å². The lowest BCUT2D eigenvalue weighted by Gasteiger charge is -2.21. The van der Waals surface area contributed by atoms with Gasteiger partial charge in [0, 0.05) is 24.3 Å². The summed E-state index contributed by atoms with van der Waals surface area (Å²) in [6.45, 7) is 6.17. The summed E-state index contributed by atoms with van der Waals surface area (Å²) in [5, 5.41) is 3.08. The molecule has 0 aliphatic carbocycles. The molecular weight excluding hydrogens is 258 g/mol. The molecule has 0 fully saturated rings. The Balaban J connectivity index is 2.18. The van der Waals surface area contributed by atoms with E-state index in [-0.39, 0.29) is 17.9 Å². The molecule has 0 saturated heterocycles. The lowest BCUT2D eigenvalue weighted by molar-refractivity contribution is 0.0926. The fraction of sp³-hybridized carbons (Fsp3) is 0.429. The van der Waals surface area contributed by atoms with Gasteiger partial charge in [0.2, 0.25) is 0 Å². The quantitative estimate of drug-likeness (QED) is 0.934. The highest BCUT2D eigenvalue weighted by atomic mass is 32.1. The molecule has 0 saturated carbocycles. The molecule has 2 heterocycles. The van der Waals surface area contributed by atoms with Crippen molar-refractivity contribution in [3.8, 4) is 0 Å². The number of nitrogens with one attached hydrogen (secondary N) is 1. The third-order valence-electron chi connectivity index (χ3n) is 3.05. The monoisotopic (exact) mass is 277 g/mol. The molecule has 0 aromatic carbocycles. The Morgan fingerprint density at radius 2 is 2.16 bits per heavy atom. The standard InChI is InChI=1S/C14H19N3OS/c1-9(2)12(13-15-7-8-17(13)4)16-14(18)11-6-5-10(3)19-11/h5-9,12H,1-4H3,(H,16,18)/t12-/m0/s1. The van der Waals surface area contributed by atoms with Crippen LogP contribution in [0.15, 0.2) is 24.5 Å². The first-order valence-electron chi connectivity index (χ1n) is 6.33. The Labute approximate surface area is 117 Å². The van der Waals surface area contributed by atoms with Crippen molar-refractivity contribution in [1.29, 1.82) is 0 Å². The first-order chi connectivity index (χ1) is 8.99. The van der Waals surface area contributed by atoms with Gasteiger partial charge in [0.05, 0.1) is 10.9 Å². The number of imidazole rings is 1. The highest BCUT2D eigenvalue weighted by Gasteiger charge is 2.23. The second-order valence-electron chi connectivity index (χ2n) is 5.00. The molecule has 1 atom stereocenters. The number of amides is 1. The van der Waals surface area contributed by atoms with Gasteiger partial charge in [-0.1, -0.05) is 13.8 Å². The van der Waals surface area contributed by atoms with Crippen LogP contribution in [0.2, 0.25) is 0 Å². The van der Waals surface area contributed by atoms with E-state index in [1.165, 1.54) is 11.3 Å². The zero-order chi connectivity index (χ0) is 14.0. The Kier molecular flexibility index (Phi) is 4.04. The van der Waals surface area contributed by atoms with Crippen LogP contribution in [0, 0.1) is 12.8 Å². The second-order valence-corrected chi connectivity index (χ2v) is 6.29. The van der Waals surface area contributed by atoms with E-state index in [1.807, 2.05) is 36.9 Å².